The normalized spacial score (nSPS) is 24.4. The maximum atomic E-state index is 12.7. The third-order valence-corrected chi connectivity index (χ3v) is 5.41. The Morgan fingerprint density at radius 2 is 1.95 bits per heavy atom. The lowest BCUT2D eigenvalue weighted by Gasteiger charge is -2.34. The summed E-state index contributed by atoms with van der Waals surface area (Å²) in [7, 11) is -3.54. The fourth-order valence-electron chi connectivity index (χ4n) is 2.72. The molecular formula is C14H24N2O4S. The number of hydrogen-bond donors (Lipinski definition) is 1. The van der Waals surface area contributed by atoms with Crippen LogP contribution in [0.25, 0.3) is 0 Å². The van der Waals surface area contributed by atoms with E-state index in [0.717, 1.165) is 6.42 Å². The Labute approximate surface area is 126 Å². The van der Waals surface area contributed by atoms with Crippen molar-refractivity contribution in [2.45, 2.75) is 57.4 Å². The van der Waals surface area contributed by atoms with Crippen molar-refractivity contribution in [1.29, 1.82) is 0 Å². The molecule has 2 rings (SSSR count). The van der Waals surface area contributed by atoms with Gasteiger partial charge in [0.2, 0.25) is 10.0 Å². The molecule has 2 atom stereocenters. The van der Waals surface area contributed by atoms with E-state index in [1.807, 2.05) is 20.8 Å². The van der Waals surface area contributed by atoms with E-state index in [-0.39, 0.29) is 23.7 Å². The maximum absolute atomic E-state index is 12.7. The monoisotopic (exact) mass is 316 g/mol. The Balaban J connectivity index is 2.30. The zero-order valence-electron chi connectivity index (χ0n) is 12.8. The molecule has 0 saturated carbocycles. The first kappa shape index (κ1) is 16.5. The largest absolute Gasteiger partial charge is 0.390 e. The maximum Gasteiger partial charge on any atom is 0.244 e. The molecule has 1 N–H and O–H groups in total. The molecule has 1 aliphatic heterocycles. The minimum atomic E-state index is -3.54. The van der Waals surface area contributed by atoms with Gasteiger partial charge in [0.15, 0.2) is 0 Å². The van der Waals surface area contributed by atoms with Crippen molar-refractivity contribution < 1.29 is 18.3 Å². The summed E-state index contributed by atoms with van der Waals surface area (Å²) >= 11 is 0. The molecule has 0 unspecified atom stereocenters. The first-order valence-electron chi connectivity index (χ1n) is 7.34. The number of morpholine rings is 1. The fourth-order valence-corrected chi connectivity index (χ4v) is 4.38. The quantitative estimate of drug-likeness (QED) is 0.886. The summed E-state index contributed by atoms with van der Waals surface area (Å²) in [5, 5.41) is 9.37. The zero-order chi connectivity index (χ0) is 15.6. The number of aromatic nitrogens is 1. The predicted molar refractivity (Wildman–Crippen MR) is 79.4 cm³/mol. The second-order valence-corrected chi connectivity index (χ2v) is 7.54. The van der Waals surface area contributed by atoms with Crippen LogP contribution in [0.5, 0.6) is 0 Å². The van der Waals surface area contributed by atoms with Crippen molar-refractivity contribution in [2.24, 2.45) is 0 Å². The van der Waals surface area contributed by atoms with E-state index in [1.54, 1.807) is 16.8 Å². The summed E-state index contributed by atoms with van der Waals surface area (Å²) in [5.74, 6) is 0. The molecule has 7 heteroatoms. The molecule has 0 aromatic carbocycles. The van der Waals surface area contributed by atoms with E-state index in [4.69, 9.17) is 4.74 Å². The van der Waals surface area contributed by atoms with Crippen LogP contribution in [0.4, 0.5) is 0 Å². The highest BCUT2D eigenvalue weighted by Crippen LogP contribution is 2.23. The van der Waals surface area contributed by atoms with Gasteiger partial charge in [0, 0.05) is 31.5 Å². The molecule has 0 amide bonds. The van der Waals surface area contributed by atoms with Gasteiger partial charge in [0.25, 0.3) is 0 Å². The highest BCUT2D eigenvalue weighted by molar-refractivity contribution is 7.89. The lowest BCUT2D eigenvalue weighted by atomic mass is 10.3. The summed E-state index contributed by atoms with van der Waals surface area (Å²) in [6.07, 6.45) is 2.28. The number of nitrogens with zero attached hydrogens (tertiary/aromatic N) is 2. The van der Waals surface area contributed by atoms with Crippen LogP contribution in [-0.4, -0.2) is 47.7 Å². The Hall–Kier alpha value is -0.890. The van der Waals surface area contributed by atoms with E-state index < -0.39 is 10.0 Å². The highest BCUT2D eigenvalue weighted by Gasteiger charge is 2.33. The lowest BCUT2D eigenvalue weighted by molar-refractivity contribution is -0.0440. The predicted octanol–water partition coefficient (Wildman–Crippen LogP) is 1.19. The molecule has 6 nitrogen and oxygen atoms in total. The van der Waals surface area contributed by atoms with Crippen LogP contribution in [0.1, 0.15) is 32.9 Å². The molecule has 0 aliphatic carbocycles. The summed E-state index contributed by atoms with van der Waals surface area (Å²) in [6.45, 7) is 7.02. The average molecular weight is 316 g/mol. The highest BCUT2D eigenvalue weighted by atomic mass is 32.2. The second-order valence-electron chi connectivity index (χ2n) is 5.60. The van der Waals surface area contributed by atoms with Crippen LogP contribution in [0.15, 0.2) is 17.2 Å². The molecule has 21 heavy (non-hydrogen) atoms. The topological polar surface area (TPSA) is 71.8 Å². The number of aryl methyl sites for hydroxylation is 1. The average Bonchev–Trinajstić information content (AvgIpc) is 2.82. The molecule has 0 spiro atoms. The van der Waals surface area contributed by atoms with Crippen LogP contribution in [-0.2, 0) is 27.9 Å². The summed E-state index contributed by atoms with van der Waals surface area (Å²) in [6, 6.07) is 1.57. The van der Waals surface area contributed by atoms with Crippen molar-refractivity contribution >= 4 is 10.0 Å². The molecule has 1 saturated heterocycles. The minimum Gasteiger partial charge on any atom is -0.390 e. The lowest BCUT2D eigenvalue weighted by Crippen LogP contribution is -2.48. The Morgan fingerprint density at radius 3 is 2.48 bits per heavy atom. The van der Waals surface area contributed by atoms with Crippen molar-refractivity contribution in [3.63, 3.8) is 0 Å². The van der Waals surface area contributed by atoms with Crippen LogP contribution in [0.3, 0.4) is 0 Å². The van der Waals surface area contributed by atoms with Gasteiger partial charge in [0.1, 0.15) is 4.90 Å². The molecule has 0 bridgehead atoms. The molecule has 120 valence electrons. The second kappa shape index (κ2) is 6.48. The Kier molecular flexibility index (Phi) is 5.08. The molecule has 2 heterocycles. The zero-order valence-corrected chi connectivity index (χ0v) is 13.6. The van der Waals surface area contributed by atoms with Gasteiger partial charge >= 0.3 is 0 Å². The van der Waals surface area contributed by atoms with E-state index >= 15 is 0 Å². The van der Waals surface area contributed by atoms with Crippen molar-refractivity contribution in [1.82, 2.24) is 8.87 Å². The van der Waals surface area contributed by atoms with Gasteiger partial charge < -0.3 is 14.4 Å². The van der Waals surface area contributed by atoms with Gasteiger partial charge in [0.05, 0.1) is 18.8 Å². The Bertz CT molecular complexity index is 572. The molecule has 1 aromatic heterocycles. The third-order valence-electron chi connectivity index (χ3n) is 3.61. The van der Waals surface area contributed by atoms with Crippen LogP contribution in [0, 0.1) is 0 Å². The third kappa shape index (κ3) is 3.48. The molecular weight excluding hydrogens is 292 g/mol. The van der Waals surface area contributed by atoms with Crippen molar-refractivity contribution in [3.8, 4) is 0 Å². The smallest absolute Gasteiger partial charge is 0.244 e. The van der Waals surface area contributed by atoms with Crippen LogP contribution < -0.4 is 0 Å². The number of aliphatic hydroxyl groups is 1. The number of rotatable bonds is 5. The SMILES string of the molecule is CCCn1cc(S(=O)(=O)N2C[C@@H](C)O[C@@H](C)C2)cc1CO. The Morgan fingerprint density at radius 1 is 1.33 bits per heavy atom. The van der Waals surface area contributed by atoms with Gasteiger partial charge in [-0.2, -0.15) is 4.31 Å². The van der Waals surface area contributed by atoms with Crippen molar-refractivity contribution in [3.05, 3.63) is 18.0 Å². The van der Waals surface area contributed by atoms with E-state index in [2.05, 4.69) is 0 Å². The van der Waals surface area contributed by atoms with Gasteiger partial charge in [-0.3, -0.25) is 0 Å². The number of aliphatic hydroxyl groups excluding tert-OH is 1. The number of sulfonamides is 1. The summed E-state index contributed by atoms with van der Waals surface area (Å²) < 4.78 is 34.3. The van der Waals surface area contributed by atoms with E-state index in [1.165, 1.54) is 4.31 Å². The van der Waals surface area contributed by atoms with E-state index in [0.29, 0.717) is 25.3 Å². The molecule has 1 aromatic rings. The first-order valence-corrected chi connectivity index (χ1v) is 8.78. The van der Waals surface area contributed by atoms with Crippen molar-refractivity contribution in [2.75, 3.05) is 13.1 Å². The summed E-state index contributed by atoms with van der Waals surface area (Å²) in [4.78, 5) is 0.251. The van der Waals surface area contributed by atoms with E-state index in [9.17, 15) is 13.5 Å². The van der Waals surface area contributed by atoms with Crippen LogP contribution in [0.2, 0.25) is 0 Å². The molecule has 1 aliphatic rings. The number of hydrogen-bond acceptors (Lipinski definition) is 4. The number of ether oxygens (including phenoxy) is 1. The fraction of sp³-hybridized carbons (Fsp3) is 0.714. The van der Waals surface area contributed by atoms with Gasteiger partial charge in [-0.05, 0) is 26.3 Å². The molecule has 0 radical (unpaired) electrons. The van der Waals surface area contributed by atoms with Gasteiger partial charge in [-0.15, -0.1) is 0 Å². The standard InChI is InChI=1S/C14H24N2O4S/c1-4-5-15-9-14(6-13(15)10-17)21(18,19)16-7-11(2)20-12(3)8-16/h6,9,11-12,17H,4-5,7-8,10H2,1-3H3/t11-,12+. The van der Waals surface area contributed by atoms with Crippen LogP contribution >= 0.6 is 0 Å². The first-order chi connectivity index (χ1) is 9.88. The minimum absolute atomic E-state index is 0.112. The van der Waals surface area contributed by atoms with Gasteiger partial charge in [-0.1, -0.05) is 6.92 Å². The summed E-state index contributed by atoms with van der Waals surface area (Å²) in [5.41, 5.74) is 0.629. The molecule has 1 fully saturated rings. The van der Waals surface area contributed by atoms with Gasteiger partial charge in [-0.25, -0.2) is 8.42 Å².